The summed E-state index contributed by atoms with van der Waals surface area (Å²) in [5.74, 6) is 0.581. The van der Waals surface area contributed by atoms with Gasteiger partial charge in [-0.3, -0.25) is 4.79 Å². The van der Waals surface area contributed by atoms with Crippen molar-refractivity contribution in [1.82, 2.24) is 0 Å². The topological polar surface area (TPSA) is 55.6 Å². The van der Waals surface area contributed by atoms with Gasteiger partial charge >= 0.3 is 0 Å². The summed E-state index contributed by atoms with van der Waals surface area (Å²) < 4.78 is 5.44. The van der Waals surface area contributed by atoms with Gasteiger partial charge in [-0.25, -0.2) is 0 Å². The molecule has 0 atom stereocenters. The first-order chi connectivity index (χ1) is 9.72. The predicted octanol–water partition coefficient (Wildman–Crippen LogP) is 2.30. The number of carbonyl (C=O) groups is 1. The molecule has 2 rings (SSSR count). The first kappa shape index (κ1) is 14.1. The van der Waals surface area contributed by atoms with E-state index in [0.29, 0.717) is 24.5 Å². The maximum absolute atomic E-state index is 12.4. The molecule has 1 amide bonds. The van der Waals surface area contributed by atoms with Crippen molar-refractivity contribution in [3.8, 4) is 5.75 Å². The fraction of sp³-hybridized carbons (Fsp3) is 0.188. The number of anilines is 1. The van der Waals surface area contributed by atoms with E-state index in [0.717, 1.165) is 5.69 Å². The van der Waals surface area contributed by atoms with Crippen molar-refractivity contribution < 1.29 is 9.53 Å². The molecule has 2 aromatic rings. The lowest BCUT2D eigenvalue weighted by molar-refractivity contribution is 0.0992. The first-order valence-corrected chi connectivity index (χ1v) is 6.48. The Morgan fingerprint density at radius 1 is 1.15 bits per heavy atom. The number of ether oxygens (including phenoxy) is 1. The zero-order valence-corrected chi connectivity index (χ0v) is 11.5. The van der Waals surface area contributed by atoms with E-state index in [1.54, 1.807) is 30.1 Å². The number of benzene rings is 2. The van der Waals surface area contributed by atoms with Gasteiger partial charge in [-0.15, -0.1) is 0 Å². The van der Waals surface area contributed by atoms with E-state index in [2.05, 4.69) is 0 Å². The van der Waals surface area contributed by atoms with Crippen molar-refractivity contribution in [3.63, 3.8) is 0 Å². The van der Waals surface area contributed by atoms with Crippen molar-refractivity contribution >= 4 is 11.6 Å². The molecule has 0 aliphatic heterocycles. The molecular formula is C16H18N2O2. The first-order valence-electron chi connectivity index (χ1n) is 6.48. The van der Waals surface area contributed by atoms with Crippen molar-refractivity contribution in [3.05, 3.63) is 60.2 Å². The van der Waals surface area contributed by atoms with Crippen molar-refractivity contribution in [2.75, 3.05) is 25.1 Å². The molecule has 0 spiro atoms. The molecule has 104 valence electrons. The van der Waals surface area contributed by atoms with E-state index < -0.39 is 0 Å². The smallest absolute Gasteiger partial charge is 0.258 e. The Morgan fingerprint density at radius 3 is 2.60 bits per heavy atom. The summed E-state index contributed by atoms with van der Waals surface area (Å²) in [7, 11) is 1.76. The molecule has 2 N–H and O–H groups in total. The molecule has 0 bridgehead atoms. The van der Waals surface area contributed by atoms with E-state index in [-0.39, 0.29) is 5.91 Å². The highest BCUT2D eigenvalue weighted by Gasteiger charge is 2.13. The van der Waals surface area contributed by atoms with Crippen LogP contribution in [0.1, 0.15) is 10.4 Å². The van der Waals surface area contributed by atoms with E-state index in [1.807, 2.05) is 36.4 Å². The summed E-state index contributed by atoms with van der Waals surface area (Å²) in [5.41, 5.74) is 6.84. The zero-order valence-electron chi connectivity index (χ0n) is 11.5. The number of carbonyl (C=O) groups excluding carboxylic acids is 1. The number of rotatable bonds is 5. The lowest BCUT2D eigenvalue weighted by atomic mass is 10.2. The van der Waals surface area contributed by atoms with Crippen LogP contribution >= 0.6 is 0 Å². The average molecular weight is 270 g/mol. The molecule has 0 aliphatic rings. The van der Waals surface area contributed by atoms with Gasteiger partial charge in [0.05, 0.1) is 0 Å². The van der Waals surface area contributed by atoms with E-state index in [9.17, 15) is 4.79 Å². The standard InChI is InChI=1S/C16H18N2O2/c1-18(14-7-3-2-4-8-14)16(19)13-6-5-9-15(12-13)20-11-10-17/h2-9,12H,10-11,17H2,1H3. The van der Waals surface area contributed by atoms with Crippen LogP contribution in [0.5, 0.6) is 5.75 Å². The van der Waals surface area contributed by atoms with Gasteiger partial charge in [0, 0.05) is 24.8 Å². The molecule has 0 unspecified atom stereocenters. The Bertz CT molecular complexity index is 570. The summed E-state index contributed by atoms with van der Waals surface area (Å²) in [5, 5.41) is 0. The van der Waals surface area contributed by atoms with E-state index >= 15 is 0 Å². The van der Waals surface area contributed by atoms with Crippen LogP contribution in [0, 0.1) is 0 Å². The third-order valence-corrected chi connectivity index (χ3v) is 2.92. The summed E-state index contributed by atoms with van der Waals surface area (Å²) in [6.45, 7) is 0.883. The van der Waals surface area contributed by atoms with Crippen LogP contribution in [0.3, 0.4) is 0 Å². The summed E-state index contributed by atoms with van der Waals surface area (Å²) in [6, 6.07) is 16.6. The van der Waals surface area contributed by atoms with Gasteiger partial charge in [0.1, 0.15) is 12.4 Å². The maximum Gasteiger partial charge on any atom is 0.258 e. The normalized spacial score (nSPS) is 10.1. The molecule has 0 radical (unpaired) electrons. The van der Waals surface area contributed by atoms with Crippen LogP contribution in [0.15, 0.2) is 54.6 Å². The molecule has 0 aromatic heterocycles. The lowest BCUT2D eigenvalue weighted by Gasteiger charge is -2.17. The highest BCUT2D eigenvalue weighted by molar-refractivity contribution is 6.05. The quantitative estimate of drug-likeness (QED) is 0.907. The number of nitrogens with two attached hydrogens (primary N) is 1. The number of amides is 1. The van der Waals surface area contributed by atoms with Crippen LogP contribution in [-0.4, -0.2) is 26.1 Å². The molecule has 0 saturated carbocycles. The largest absolute Gasteiger partial charge is 0.492 e. The van der Waals surface area contributed by atoms with Gasteiger partial charge in [-0.05, 0) is 30.3 Å². The van der Waals surface area contributed by atoms with Gasteiger partial charge in [0.2, 0.25) is 0 Å². The third kappa shape index (κ3) is 3.36. The number of hydrogen-bond acceptors (Lipinski definition) is 3. The van der Waals surface area contributed by atoms with Gasteiger partial charge in [0.25, 0.3) is 5.91 Å². The predicted molar refractivity (Wildman–Crippen MR) is 80.2 cm³/mol. The molecule has 0 heterocycles. The molecule has 4 nitrogen and oxygen atoms in total. The second-order valence-electron chi connectivity index (χ2n) is 4.36. The average Bonchev–Trinajstić information content (AvgIpc) is 2.52. The highest BCUT2D eigenvalue weighted by atomic mass is 16.5. The number of hydrogen-bond donors (Lipinski definition) is 1. The second-order valence-corrected chi connectivity index (χ2v) is 4.36. The zero-order chi connectivity index (χ0) is 14.4. The number of nitrogens with zero attached hydrogens (tertiary/aromatic N) is 1. The SMILES string of the molecule is CN(C(=O)c1cccc(OCCN)c1)c1ccccc1. The van der Waals surface area contributed by atoms with Crippen LogP contribution < -0.4 is 15.4 Å². The summed E-state index contributed by atoms with van der Waals surface area (Å²) in [4.78, 5) is 14.0. The molecule has 4 heteroatoms. The Hall–Kier alpha value is -2.33. The molecule has 0 saturated heterocycles. The molecular weight excluding hydrogens is 252 g/mol. The minimum absolute atomic E-state index is 0.0746. The Kier molecular flexibility index (Phi) is 4.74. The monoisotopic (exact) mass is 270 g/mol. The van der Waals surface area contributed by atoms with Crippen molar-refractivity contribution in [2.24, 2.45) is 5.73 Å². The third-order valence-electron chi connectivity index (χ3n) is 2.92. The van der Waals surface area contributed by atoms with Crippen LogP contribution in [0.4, 0.5) is 5.69 Å². The second kappa shape index (κ2) is 6.73. The van der Waals surface area contributed by atoms with Crippen LogP contribution in [-0.2, 0) is 0 Å². The summed E-state index contributed by atoms with van der Waals surface area (Å²) >= 11 is 0. The fourth-order valence-electron chi connectivity index (χ4n) is 1.86. The van der Waals surface area contributed by atoms with Crippen molar-refractivity contribution in [2.45, 2.75) is 0 Å². The van der Waals surface area contributed by atoms with Gasteiger partial charge in [-0.2, -0.15) is 0 Å². The molecule has 2 aromatic carbocycles. The Balaban J connectivity index is 2.16. The Morgan fingerprint density at radius 2 is 1.90 bits per heavy atom. The van der Waals surface area contributed by atoms with Gasteiger partial charge in [0.15, 0.2) is 0 Å². The minimum atomic E-state index is -0.0746. The van der Waals surface area contributed by atoms with Gasteiger partial charge in [-0.1, -0.05) is 24.3 Å². The molecule has 0 aliphatic carbocycles. The highest BCUT2D eigenvalue weighted by Crippen LogP contribution is 2.18. The maximum atomic E-state index is 12.4. The lowest BCUT2D eigenvalue weighted by Crippen LogP contribution is -2.26. The number of para-hydroxylation sites is 1. The minimum Gasteiger partial charge on any atom is -0.492 e. The van der Waals surface area contributed by atoms with Crippen LogP contribution in [0.25, 0.3) is 0 Å². The van der Waals surface area contributed by atoms with E-state index in [1.165, 1.54) is 0 Å². The van der Waals surface area contributed by atoms with E-state index in [4.69, 9.17) is 10.5 Å². The summed E-state index contributed by atoms with van der Waals surface area (Å²) in [6.07, 6.45) is 0. The van der Waals surface area contributed by atoms with Crippen LogP contribution in [0.2, 0.25) is 0 Å². The molecule has 0 fully saturated rings. The van der Waals surface area contributed by atoms with Gasteiger partial charge < -0.3 is 15.4 Å². The van der Waals surface area contributed by atoms with Crippen molar-refractivity contribution in [1.29, 1.82) is 0 Å². The molecule has 20 heavy (non-hydrogen) atoms. The fourth-order valence-corrected chi connectivity index (χ4v) is 1.86. The Labute approximate surface area is 118 Å².